The van der Waals surface area contributed by atoms with Gasteiger partial charge in [-0.25, -0.2) is 0 Å². The van der Waals surface area contributed by atoms with Crippen LogP contribution >= 0.6 is 11.6 Å². The fourth-order valence-electron chi connectivity index (χ4n) is 3.95. The highest BCUT2D eigenvalue weighted by atomic mass is 35.5. The number of anilines is 1. The van der Waals surface area contributed by atoms with Crippen LogP contribution < -0.4 is 19.8 Å². The van der Waals surface area contributed by atoms with Gasteiger partial charge in [0, 0.05) is 18.2 Å². The Balaban J connectivity index is 1.55. The van der Waals surface area contributed by atoms with Crippen molar-refractivity contribution in [3.63, 3.8) is 0 Å². The van der Waals surface area contributed by atoms with Crippen molar-refractivity contribution in [2.75, 3.05) is 18.6 Å². The van der Waals surface area contributed by atoms with E-state index in [0.29, 0.717) is 38.6 Å². The van der Waals surface area contributed by atoms with Crippen molar-refractivity contribution in [2.45, 2.75) is 13.0 Å². The van der Waals surface area contributed by atoms with Gasteiger partial charge in [0.15, 0.2) is 18.5 Å². The second-order valence-corrected chi connectivity index (χ2v) is 8.52. The Morgan fingerprint density at radius 1 is 1.06 bits per heavy atom. The fraction of sp³-hybridized carbons (Fsp3) is 0.148. The zero-order valence-corrected chi connectivity index (χ0v) is 19.7. The normalized spacial score (nSPS) is 13.8. The summed E-state index contributed by atoms with van der Waals surface area (Å²) < 4.78 is 17.5. The molecular formula is C27H20ClNO6. The Bertz CT molecular complexity index is 1540. The summed E-state index contributed by atoms with van der Waals surface area (Å²) in [5, 5.41) is 0.696. The Morgan fingerprint density at radius 3 is 2.60 bits per heavy atom. The molecule has 0 saturated heterocycles. The number of likely N-dealkylation sites (N-methyl/N-ethyl adjacent to an activating group) is 1. The fourth-order valence-corrected chi connectivity index (χ4v) is 4.17. The molecule has 0 fully saturated rings. The number of para-hydroxylation sites is 1. The summed E-state index contributed by atoms with van der Waals surface area (Å²) in [5.41, 5.74) is 1.23. The topological polar surface area (TPSA) is 86.0 Å². The predicted octanol–water partition coefficient (Wildman–Crippen LogP) is 5.12. The van der Waals surface area contributed by atoms with E-state index in [2.05, 4.69) is 0 Å². The summed E-state index contributed by atoms with van der Waals surface area (Å²) in [7, 11) is 1.62. The van der Waals surface area contributed by atoms with Crippen molar-refractivity contribution in [1.29, 1.82) is 0 Å². The molecule has 1 amide bonds. The number of ether oxygens (including phenoxy) is 2. The van der Waals surface area contributed by atoms with Crippen LogP contribution in [-0.4, -0.2) is 31.4 Å². The molecule has 0 radical (unpaired) electrons. The number of hydrogen-bond donors (Lipinski definition) is 0. The molecule has 1 aliphatic rings. The van der Waals surface area contributed by atoms with E-state index in [1.54, 1.807) is 80.7 Å². The molecule has 0 spiro atoms. The molecule has 8 heteroatoms. The first-order valence-corrected chi connectivity index (χ1v) is 11.3. The lowest BCUT2D eigenvalue weighted by atomic mass is 10.0. The lowest BCUT2D eigenvalue weighted by Gasteiger charge is -2.26. The molecule has 1 unspecified atom stereocenters. The van der Waals surface area contributed by atoms with Gasteiger partial charge < -0.3 is 18.8 Å². The SMILES string of the molecule is CC(Oc1c(-c2ccccc2Cl)oc2ccccc2c1=O)C(=O)c1ccc2c(c1)N(C)C(=O)CO2. The van der Waals surface area contributed by atoms with Gasteiger partial charge in [0.25, 0.3) is 5.91 Å². The first-order valence-electron chi connectivity index (χ1n) is 10.9. The van der Waals surface area contributed by atoms with Crippen molar-refractivity contribution in [1.82, 2.24) is 0 Å². The van der Waals surface area contributed by atoms with E-state index >= 15 is 0 Å². The molecule has 0 bridgehead atoms. The molecule has 176 valence electrons. The molecule has 1 aromatic heterocycles. The molecule has 1 atom stereocenters. The van der Waals surface area contributed by atoms with E-state index in [0.717, 1.165) is 0 Å². The van der Waals surface area contributed by atoms with Gasteiger partial charge in [-0.3, -0.25) is 14.4 Å². The van der Waals surface area contributed by atoms with Crippen LogP contribution in [0.2, 0.25) is 5.02 Å². The smallest absolute Gasteiger partial charge is 0.264 e. The predicted molar refractivity (Wildman–Crippen MR) is 133 cm³/mol. The molecule has 0 N–H and O–H groups in total. The number of amides is 1. The van der Waals surface area contributed by atoms with Crippen LogP contribution in [0.1, 0.15) is 17.3 Å². The number of nitrogens with zero attached hydrogens (tertiary/aromatic N) is 1. The van der Waals surface area contributed by atoms with Crippen LogP contribution in [0.15, 0.2) is 75.9 Å². The maximum absolute atomic E-state index is 13.4. The monoisotopic (exact) mass is 489 g/mol. The molecule has 5 rings (SSSR count). The number of Topliss-reactive ketones (excluding diaryl/α,β-unsaturated/α-hetero) is 1. The minimum atomic E-state index is -1.04. The lowest BCUT2D eigenvalue weighted by Crippen LogP contribution is -2.35. The van der Waals surface area contributed by atoms with Gasteiger partial charge in [-0.1, -0.05) is 35.9 Å². The van der Waals surface area contributed by atoms with Gasteiger partial charge in [0.2, 0.25) is 17.0 Å². The minimum Gasteiger partial charge on any atom is -0.482 e. The minimum absolute atomic E-state index is 0.0567. The highest BCUT2D eigenvalue weighted by Gasteiger charge is 2.27. The summed E-state index contributed by atoms with van der Waals surface area (Å²) in [4.78, 5) is 40.1. The van der Waals surface area contributed by atoms with Crippen LogP contribution in [0.3, 0.4) is 0 Å². The maximum atomic E-state index is 13.4. The van der Waals surface area contributed by atoms with E-state index in [1.807, 2.05) is 0 Å². The van der Waals surface area contributed by atoms with Gasteiger partial charge >= 0.3 is 0 Å². The van der Waals surface area contributed by atoms with Crippen LogP contribution in [0.4, 0.5) is 5.69 Å². The summed E-state index contributed by atoms with van der Waals surface area (Å²) in [6.45, 7) is 1.50. The average Bonchev–Trinajstić information content (AvgIpc) is 2.87. The largest absolute Gasteiger partial charge is 0.482 e. The van der Waals surface area contributed by atoms with Gasteiger partial charge in [0.05, 0.1) is 16.1 Å². The van der Waals surface area contributed by atoms with E-state index < -0.39 is 11.5 Å². The average molecular weight is 490 g/mol. The zero-order valence-electron chi connectivity index (χ0n) is 18.9. The summed E-state index contributed by atoms with van der Waals surface area (Å²) >= 11 is 6.39. The van der Waals surface area contributed by atoms with Gasteiger partial charge in [-0.15, -0.1) is 0 Å². The third-order valence-electron chi connectivity index (χ3n) is 5.87. The molecule has 0 aliphatic carbocycles. The van der Waals surface area contributed by atoms with Crippen molar-refractivity contribution in [3.8, 4) is 22.8 Å². The number of ketones is 1. The Morgan fingerprint density at radius 2 is 1.80 bits per heavy atom. The number of hydrogen-bond acceptors (Lipinski definition) is 6. The molecule has 3 aromatic carbocycles. The maximum Gasteiger partial charge on any atom is 0.264 e. The quantitative estimate of drug-likeness (QED) is 0.362. The lowest BCUT2D eigenvalue weighted by molar-refractivity contribution is -0.120. The first kappa shape index (κ1) is 22.7. The molecule has 4 aromatic rings. The standard InChI is InChI=1S/C27H20ClNO6/c1-15(24(31)16-11-12-22-20(13-16)29(2)23(30)14-33-22)34-27-25(32)18-8-4-6-10-21(18)35-26(27)17-7-3-5-9-19(17)28/h3-13,15H,14H2,1-2H3. The van der Waals surface area contributed by atoms with Crippen molar-refractivity contribution >= 4 is 39.9 Å². The summed E-state index contributed by atoms with van der Waals surface area (Å²) in [5.74, 6) is -0.0517. The van der Waals surface area contributed by atoms with Crippen LogP contribution in [0.25, 0.3) is 22.3 Å². The van der Waals surface area contributed by atoms with Crippen LogP contribution in [0, 0.1) is 0 Å². The van der Waals surface area contributed by atoms with E-state index in [1.165, 1.54) is 4.90 Å². The Kier molecular flexibility index (Phi) is 5.78. The van der Waals surface area contributed by atoms with Gasteiger partial charge in [-0.05, 0) is 49.4 Å². The second-order valence-electron chi connectivity index (χ2n) is 8.11. The van der Waals surface area contributed by atoms with Crippen molar-refractivity contribution < 1.29 is 23.5 Å². The first-order chi connectivity index (χ1) is 16.8. The van der Waals surface area contributed by atoms with Crippen molar-refractivity contribution in [3.05, 3.63) is 87.5 Å². The summed E-state index contributed by atoms with van der Waals surface area (Å²) in [6.07, 6.45) is -1.04. The Hall–Kier alpha value is -4.10. The van der Waals surface area contributed by atoms with E-state index in [9.17, 15) is 14.4 Å². The molecule has 2 heterocycles. The number of carbonyl (C=O) groups is 2. The van der Waals surface area contributed by atoms with E-state index in [4.69, 9.17) is 25.5 Å². The van der Waals surface area contributed by atoms with Gasteiger partial charge in [-0.2, -0.15) is 0 Å². The van der Waals surface area contributed by atoms with Crippen LogP contribution in [-0.2, 0) is 4.79 Å². The third kappa shape index (κ3) is 4.04. The molecule has 7 nitrogen and oxygen atoms in total. The molecule has 35 heavy (non-hydrogen) atoms. The summed E-state index contributed by atoms with van der Waals surface area (Å²) in [6, 6.07) is 18.5. The highest BCUT2D eigenvalue weighted by Crippen LogP contribution is 2.36. The number of fused-ring (bicyclic) bond motifs is 2. The number of halogens is 1. The molecule has 1 aliphatic heterocycles. The Labute approximate surface area is 205 Å². The van der Waals surface area contributed by atoms with Crippen molar-refractivity contribution in [2.24, 2.45) is 0 Å². The zero-order chi connectivity index (χ0) is 24.7. The van der Waals surface area contributed by atoms with Crippen LogP contribution in [0.5, 0.6) is 11.5 Å². The number of rotatable bonds is 5. The highest BCUT2D eigenvalue weighted by molar-refractivity contribution is 6.33. The number of benzene rings is 3. The number of carbonyl (C=O) groups excluding carboxylic acids is 2. The van der Waals surface area contributed by atoms with Gasteiger partial charge in [0.1, 0.15) is 11.3 Å². The third-order valence-corrected chi connectivity index (χ3v) is 6.20. The molecular weight excluding hydrogens is 470 g/mol. The second kappa shape index (κ2) is 8.92. The molecule has 0 saturated carbocycles. The van der Waals surface area contributed by atoms with E-state index in [-0.39, 0.29) is 29.8 Å².